The zero-order valence-electron chi connectivity index (χ0n) is 21.0. The molecule has 32 heavy (non-hydrogen) atoms. The van der Waals surface area contributed by atoms with Crippen molar-refractivity contribution in [1.29, 1.82) is 0 Å². The van der Waals surface area contributed by atoms with Crippen molar-refractivity contribution in [2.75, 3.05) is 0 Å². The molecule has 2 aromatic heterocycles. The highest BCUT2D eigenvalue weighted by molar-refractivity contribution is 5.80. The van der Waals surface area contributed by atoms with Gasteiger partial charge in [-0.15, -0.1) is 0 Å². The predicted molar refractivity (Wildman–Crippen MR) is 140 cm³/mol. The van der Waals surface area contributed by atoms with Crippen molar-refractivity contribution < 1.29 is 9.05 Å². The van der Waals surface area contributed by atoms with Crippen LogP contribution in [0.15, 0.2) is 57.6 Å². The molecule has 0 fully saturated rings. The molecule has 0 bridgehead atoms. The molecule has 4 aromatic rings. The minimum atomic E-state index is 0. The van der Waals surface area contributed by atoms with Crippen molar-refractivity contribution >= 4 is 21.9 Å². The third-order valence-corrected chi connectivity index (χ3v) is 4.18. The maximum atomic E-state index is 5.23. The van der Waals surface area contributed by atoms with Crippen LogP contribution in [-0.4, -0.2) is 10.3 Å². The Labute approximate surface area is 195 Å². The van der Waals surface area contributed by atoms with E-state index in [4.69, 9.17) is 9.05 Å². The third kappa shape index (κ3) is 7.79. The highest BCUT2D eigenvalue weighted by atomic mass is 16.5. The van der Waals surface area contributed by atoms with E-state index in [2.05, 4.69) is 51.9 Å². The van der Waals surface area contributed by atoms with Crippen LogP contribution in [0.3, 0.4) is 0 Å². The molecule has 0 aliphatic heterocycles. The van der Waals surface area contributed by atoms with E-state index < -0.39 is 0 Å². The summed E-state index contributed by atoms with van der Waals surface area (Å²) in [6.45, 7) is 20.8. The van der Waals surface area contributed by atoms with Gasteiger partial charge < -0.3 is 15.2 Å². The molecule has 5 nitrogen and oxygen atoms in total. The number of nitrogens with zero attached hydrogens (tertiary/aromatic N) is 2. The average molecular weight is 444 g/mol. The van der Waals surface area contributed by atoms with Gasteiger partial charge in [-0.05, 0) is 24.3 Å². The highest BCUT2D eigenvalue weighted by Gasteiger charge is 2.22. The lowest BCUT2D eigenvalue weighted by Crippen LogP contribution is -2.11. The van der Waals surface area contributed by atoms with E-state index in [1.807, 2.05) is 76.2 Å². The summed E-state index contributed by atoms with van der Waals surface area (Å²) in [5, 5.41) is 10.4. The fourth-order valence-corrected chi connectivity index (χ4v) is 2.85. The first kappa shape index (κ1) is 31.5. The van der Waals surface area contributed by atoms with Crippen LogP contribution < -0.4 is 6.15 Å². The van der Waals surface area contributed by atoms with E-state index in [-0.39, 0.29) is 24.4 Å². The van der Waals surface area contributed by atoms with Gasteiger partial charge in [0.15, 0.2) is 11.2 Å². The normalized spacial score (nSPS) is 10.3. The van der Waals surface area contributed by atoms with Crippen LogP contribution >= 0.6 is 0 Å². The molecule has 0 amide bonds. The SMILES string of the molecule is C.CC.CC.CC(C)(C)c1noc2ccccc12.CC(C)(C)c1noc2ccccc12.N. The second-order valence-electron chi connectivity index (χ2n) is 8.55. The first-order valence-corrected chi connectivity index (χ1v) is 10.9. The van der Waals surface area contributed by atoms with E-state index in [1.54, 1.807) is 0 Å². The summed E-state index contributed by atoms with van der Waals surface area (Å²) in [4.78, 5) is 0. The number of rotatable bonds is 0. The third-order valence-electron chi connectivity index (χ3n) is 4.18. The molecule has 0 radical (unpaired) electrons. The number of fused-ring (bicyclic) bond motifs is 2. The van der Waals surface area contributed by atoms with Crippen LogP contribution in [0.1, 0.15) is 88.1 Å². The molecular weight excluding hydrogens is 398 g/mol. The molecule has 0 saturated heterocycles. The van der Waals surface area contributed by atoms with E-state index >= 15 is 0 Å². The summed E-state index contributed by atoms with van der Waals surface area (Å²) < 4.78 is 10.5. The minimum Gasteiger partial charge on any atom is -0.356 e. The summed E-state index contributed by atoms with van der Waals surface area (Å²) in [6.07, 6.45) is 0. The van der Waals surface area contributed by atoms with E-state index in [1.165, 1.54) is 0 Å². The zero-order valence-corrected chi connectivity index (χ0v) is 21.0. The van der Waals surface area contributed by atoms with Gasteiger partial charge in [-0.2, -0.15) is 0 Å². The van der Waals surface area contributed by atoms with Gasteiger partial charge in [-0.3, -0.25) is 0 Å². The van der Waals surface area contributed by atoms with E-state index in [0.717, 1.165) is 33.3 Å². The largest absolute Gasteiger partial charge is 0.356 e. The standard InChI is InChI=1S/2C11H13NO.2C2H6.CH4.H3N/c2*1-11(2,3)10-8-6-4-5-7-9(8)13-12-10;2*1-2;;/h2*4-7H,1-3H3;2*1-2H3;1H4;1H3. The molecule has 0 unspecified atom stereocenters. The molecule has 2 aromatic carbocycles. The Morgan fingerprint density at radius 3 is 1.12 bits per heavy atom. The lowest BCUT2D eigenvalue weighted by molar-refractivity contribution is 0.419. The number of hydrogen-bond acceptors (Lipinski definition) is 5. The minimum absolute atomic E-state index is 0. The maximum Gasteiger partial charge on any atom is 0.167 e. The van der Waals surface area contributed by atoms with Gasteiger partial charge in [0.1, 0.15) is 0 Å². The highest BCUT2D eigenvalue weighted by Crippen LogP contribution is 2.29. The quantitative estimate of drug-likeness (QED) is 0.293. The second kappa shape index (κ2) is 13.7. The van der Waals surface area contributed by atoms with Crippen LogP contribution in [0.4, 0.5) is 0 Å². The Bertz CT molecular complexity index is 934. The van der Waals surface area contributed by atoms with Crippen molar-refractivity contribution in [1.82, 2.24) is 16.5 Å². The van der Waals surface area contributed by atoms with E-state index in [0.29, 0.717) is 0 Å². The van der Waals surface area contributed by atoms with Crippen LogP contribution in [0.25, 0.3) is 21.9 Å². The van der Waals surface area contributed by atoms with E-state index in [9.17, 15) is 0 Å². The number of para-hydroxylation sites is 2. The Morgan fingerprint density at radius 1 is 0.562 bits per heavy atom. The molecule has 0 atom stereocenters. The molecule has 180 valence electrons. The van der Waals surface area contributed by atoms with Gasteiger partial charge in [0.05, 0.1) is 11.4 Å². The van der Waals surface area contributed by atoms with Crippen molar-refractivity contribution in [3.8, 4) is 0 Å². The molecule has 3 N–H and O–H groups in total. The second-order valence-corrected chi connectivity index (χ2v) is 8.55. The maximum absolute atomic E-state index is 5.23. The number of benzene rings is 2. The smallest absolute Gasteiger partial charge is 0.167 e. The summed E-state index contributed by atoms with van der Waals surface area (Å²) in [7, 11) is 0. The number of aromatic nitrogens is 2. The van der Waals surface area contributed by atoms with Crippen molar-refractivity contribution in [3.63, 3.8) is 0 Å². The number of hydrogen-bond donors (Lipinski definition) is 1. The summed E-state index contributed by atoms with van der Waals surface area (Å²) in [5.41, 5.74) is 3.89. The van der Waals surface area contributed by atoms with Gasteiger partial charge in [0.25, 0.3) is 0 Å². The molecule has 0 aliphatic carbocycles. The van der Waals surface area contributed by atoms with Gasteiger partial charge in [0.2, 0.25) is 0 Å². The van der Waals surface area contributed by atoms with Gasteiger partial charge in [-0.25, -0.2) is 0 Å². The fourth-order valence-electron chi connectivity index (χ4n) is 2.85. The molecule has 2 heterocycles. The molecule has 0 spiro atoms. The van der Waals surface area contributed by atoms with Gasteiger partial charge in [-0.1, -0.05) is 111 Å². The topological polar surface area (TPSA) is 87.1 Å². The summed E-state index contributed by atoms with van der Waals surface area (Å²) in [6, 6.07) is 15.9. The van der Waals surface area contributed by atoms with Crippen LogP contribution in [0, 0.1) is 0 Å². The molecule has 0 aliphatic rings. The Balaban J connectivity index is 0. The predicted octanol–water partition coefficient (Wildman–Crippen LogP) is 9.10. The molecular formula is C27H45N3O2. The lowest BCUT2D eigenvalue weighted by atomic mass is 9.90. The van der Waals surface area contributed by atoms with Crippen molar-refractivity contribution in [3.05, 3.63) is 59.9 Å². The first-order valence-electron chi connectivity index (χ1n) is 10.9. The fraction of sp³-hybridized carbons (Fsp3) is 0.481. The van der Waals surface area contributed by atoms with Crippen LogP contribution in [0.2, 0.25) is 0 Å². The van der Waals surface area contributed by atoms with Gasteiger partial charge >= 0.3 is 0 Å². The van der Waals surface area contributed by atoms with Crippen molar-refractivity contribution in [2.45, 2.75) is 87.5 Å². The molecule has 5 heteroatoms. The van der Waals surface area contributed by atoms with Crippen LogP contribution in [-0.2, 0) is 10.8 Å². The van der Waals surface area contributed by atoms with Crippen molar-refractivity contribution in [2.24, 2.45) is 0 Å². The van der Waals surface area contributed by atoms with Crippen LogP contribution in [0.5, 0.6) is 0 Å². The van der Waals surface area contributed by atoms with Gasteiger partial charge in [0, 0.05) is 21.6 Å². The molecule has 0 saturated carbocycles. The monoisotopic (exact) mass is 443 g/mol. The summed E-state index contributed by atoms with van der Waals surface area (Å²) >= 11 is 0. The molecule has 4 rings (SSSR count). The lowest BCUT2D eigenvalue weighted by Gasteiger charge is -2.13. The Hall–Kier alpha value is -2.66. The average Bonchev–Trinajstić information content (AvgIpc) is 3.35. The Kier molecular flexibility index (Phi) is 13.5. The Morgan fingerprint density at radius 2 is 0.844 bits per heavy atom. The summed E-state index contributed by atoms with van der Waals surface area (Å²) in [5.74, 6) is 0. The zero-order chi connectivity index (χ0) is 22.9. The first-order chi connectivity index (χ1) is 14.2.